The highest BCUT2D eigenvalue weighted by atomic mass is 35.5. The van der Waals surface area contributed by atoms with Crippen LogP contribution in [0.2, 0.25) is 5.15 Å². The number of rotatable bonds is 3. The number of anilines is 1. The smallest absolute Gasteiger partial charge is 0.366 e. The minimum atomic E-state index is -4.85. The molecule has 0 spiro atoms. The van der Waals surface area contributed by atoms with Gasteiger partial charge in [-0.3, -0.25) is 0 Å². The van der Waals surface area contributed by atoms with E-state index in [4.69, 9.17) is 17.3 Å². The van der Waals surface area contributed by atoms with Crippen molar-refractivity contribution in [2.75, 3.05) is 12.0 Å². The van der Waals surface area contributed by atoms with Crippen LogP contribution in [-0.4, -0.2) is 40.4 Å². The van der Waals surface area contributed by atoms with E-state index >= 15 is 0 Å². The highest BCUT2D eigenvalue weighted by Crippen LogP contribution is 2.43. The second-order valence-electron chi connectivity index (χ2n) is 6.14. The largest absolute Gasteiger partial charge is 0.397 e. The average Bonchev–Trinajstić information content (AvgIpc) is 2.91. The summed E-state index contributed by atoms with van der Waals surface area (Å²) >= 11 is 5.97. The second-order valence-corrected chi connectivity index (χ2v) is 8.52. The Kier molecular flexibility index (Phi) is 4.94. The van der Waals surface area contributed by atoms with Crippen molar-refractivity contribution in [3.05, 3.63) is 34.6 Å². The van der Waals surface area contributed by atoms with Crippen molar-refractivity contribution >= 4 is 33.2 Å². The summed E-state index contributed by atoms with van der Waals surface area (Å²) in [7, 11) is -3.99. The van der Waals surface area contributed by atoms with E-state index in [0.717, 1.165) is 13.2 Å². The molecule has 0 aliphatic rings. The number of halogens is 6. The molecular formula is C15H11ClF5N5O2S. The van der Waals surface area contributed by atoms with Crippen LogP contribution in [0, 0.1) is 11.6 Å². The first-order valence-corrected chi connectivity index (χ1v) is 9.96. The van der Waals surface area contributed by atoms with Crippen LogP contribution in [0.3, 0.4) is 0 Å². The minimum Gasteiger partial charge on any atom is -0.366 e. The predicted octanol–water partition coefficient (Wildman–Crippen LogP) is 3.37. The normalized spacial score (nSPS) is 13.8. The SMILES string of the molecule is CC(c1c(-c2c(F)cc(S(C)(=O)=O)cc2F)c(Cl)nc2nc(N)nn12)C(F)(F)F. The fourth-order valence-corrected chi connectivity index (χ4v) is 3.60. The van der Waals surface area contributed by atoms with Gasteiger partial charge in [-0.15, -0.1) is 5.10 Å². The zero-order valence-electron chi connectivity index (χ0n) is 14.6. The zero-order chi connectivity index (χ0) is 21.9. The van der Waals surface area contributed by atoms with Gasteiger partial charge in [0, 0.05) is 11.8 Å². The number of sulfone groups is 1. The lowest BCUT2D eigenvalue weighted by atomic mass is 9.96. The molecule has 2 N–H and O–H groups in total. The van der Waals surface area contributed by atoms with E-state index in [-0.39, 0.29) is 0 Å². The quantitative estimate of drug-likeness (QED) is 0.480. The van der Waals surface area contributed by atoms with Gasteiger partial charge in [0.25, 0.3) is 5.78 Å². The number of nitrogens with zero attached hydrogens (tertiary/aromatic N) is 4. The molecule has 2 heterocycles. The molecule has 7 nitrogen and oxygen atoms in total. The number of alkyl halides is 3. The summed E-state index contributed by atoms with van der Waals surface area (Å²) in [5.74, 6) is -6.05. The highest BCUT2D eigenvalue weighted by Gasteiger charge is 2.42. The maximum absolute atomic E-state index is 14.7. The lowest BCUT2D eigenvalue weighted by Gasteiger charge is -2.21. The molecule has 0 bridgehead atoms. The number of nitrogens with two attached hydrogens (primary N) is 1. The van der Waals surface area contributed by atoms with Gasteiger partial charge < -0.3 is 5.73 Å². The van der Waals surface area contributed by atoms with Gasteiger partial charge in [0.1, 0.15) is 16.8 Å². The molecule has 0 amide bonds. The first-order chi connectivity index (χ1) is 13.2. The Bertz CT molecular complexity index is 1220. The summed E-state index contributed by atoms with van der Waals surface area (Å²) in [6.45, 7) is 0.729. The number of hydrogen-bond acceptors (Lipinski definition) is 6. The lowest BCUT2D eigenvalue weighted by Crippen LogP contribution is -2.22. The monoisotopic (exact) mass is 455 g/mol. The highest BCUT2D eigenvalue weighted by molar-refractivity contribution is 7.90. The molecule has 1 unspecified atom stereocenters. The maximum atomic E-state index is 14.7. The summed E-state index contributed by atoms with van der Waals surface area (Å²) < 4.78 is 93.7. The molecule has 0 saturated carbocycles. The van der Waals surface area contributed by atoms with Crippen molar-refractivity contribution in [3.63, 3.8) is 0 Å². The molecule has 3 rings (SSSR count). The van der Waals surface area contributed by atoms with Crippen molar-refractivity contribution in [3.8, 4) is 11.1 Å². The van der Waals surface area contributed by atoms with E-state index in [1.165, 1.54) is 0 Å². The molecule has 2 aromatic heterocycles. The third kappa shape index (κ3) is 3.71. The molecule has 0 fully saturated rings. The van der Waals surface area contributed by atoms with Crippen LogP contribution in [0.4, 0.5) is 27.9 Å². The summed E-state index contributed by atoms with van der Waals surface area (Å²) in [6.07, 6.45) is -4.14. The minimum absolute atomic E-state index is 0.407. The van der Waals surface area contributed by atoms with Crippen LogP contribution in [0.5, 0.6) is 0 Å². The van der Waals surface area contributed by atoms with Gasteiger partial charge >= 0.3 is 6.18 Å². The van der Waals surface area contributed by atoms with Gasteiger partial charge in [-0.1, -0.05) is 11.6 Å². The standard InChI is InChI=1S/C15H11ClF5N5O2S/c1-5(15(19,20)21)11-10(12(16)23-14-24-13(22)25-26(11)14)9-7(17)3-6(4-8(9)18)29(2,27)28/h3-5H,1-2H3,(H2,22,25). The van der Waals surface area contributed by atoms with Gasteiger partial charge in [-0.25, -0.2) is 17.2 Å². The van der Waals surface area contributed by atoms with Crippen LogP contribution in [0.15, 0.2) is 17.0 Å². The maximum Gasteiger partial charge on any atom is 0.397 e. The first-order valence-electron chi connectivity index (χ1n) is 7.69. The van der Waals surface area contributed by atoms with Crippen LogP contribution in [0.1, 0.15) is 18.5 Å². The van der Waals surface area contributed by atoms with E-state index in [9.17, 15) is 30.4 Å². The Balaban J connectivity index is 2.46. The van der Waals surface area contributed by atoms with Crippen LogP contribution < -0.4 is 5.73 Å². The lowest BCUT2D eigenvalue weighted by molar-refractivity contribution is -0.147. The van der Waals surface area contributed by atoms with E-state index in [0.29, 0.717) is 16.6 Å². The Morgan fingerprint density at radius 2 is 1.69 bits per heavy atom. The van der Waals surface area contributed by atoms with Crippen LogP contribution >= 0.6 is 11.6 Å². The third-order valence-electron chi connectivity index (χ3n) is 4.09. The number of benzene rings is 1. The molecule has 0 radical (unpaired) electrons. The number of aromatic nitrogens is 4. The molecule has 29 heavy (non-hydrogen) atoms. The van der Waals surface area contributed by atoms with E-state index < -0.39 is 72.2 Å². The third-order valence-corrected chi connectivity index (χ3v) is 5.46. The summed E-state index contributed by atoms with van der Waals surface area (Å²) in [5, 5.41) is 2.92. The van der Waals surface area contributed by atoms with Gasteiger partial charge in [-0.05, 0) is 19.1 Å². The first kappa shape index (κ1) is 21.2. The second kappa shape index (κ2) is 6.76. The molecule has 0 aliphatic carbocycles. The predicted molar refractivity (Wildman–Crippen MR) is 93.1 cm³/mol. The Morgan fingerprint density at radius 1 is 1.14 bits per heavy atom. The molecule has 0 aliphatic heterocycles. The van der Waals surface area contributed by atoms with E-state index in [1.54, 1.807) is 0 Å². The average molecular weight is 456 g/mol. The van der Waals surface area contributed by atoms with E-state index in [2.05, 4.69) is 15.1 Å². The van der Waals surface area contributed by atoms with Crippen LogP contribution in [0.25, 0.3) is 16.9 Å². The Labute approximate surface area is 165 Å². The molecule has 0 saturated heterocycles. The number of hydrogen-bond donors (Lipinski definition) is 1. The van der Waals surface area contributed by atoms with Crippen molar-refractivity contribution in [1.29, 1.82) is 0 Å². The molecule has 1 aromatic carbocycles. The van der Waals surface area contributed by atoms with Gasteiger partial charge in [-0.2, -0.15) is 27.7 Å². The van der Waals surface area contributed by atoms with E-state index in [1.807, 2.05) is 0 Å². The van der Waals surface area contributed by atoms with Crippen molar-refractivity contribution < 1.29 is 30.4 Å². The van der Waals surface area contributed by atoms with Gasteiger partial charge in [0.15, 0.2) is 9.84 Å². The van der Waals surface area contributed by atoms with Crippen molar-refractivity contribution in [2.24, 2.45) is 0 Å². The fraction of sp³-hybridized carbons (Fsp3) is 0.267. The van der Waals surface area contributed by atoms with Gasteiger partial charge in [0.2, 0.25) is 5.95 Å². The molecule has 1 atom stereocenters. The van der Waals surface area contributed by atoms with Crippen molar-refractivity contribution in [1.82, 2.24) is 19.6 Å². The number of nitrogen functional groups attached to an aromatic ring is 1. The molecule has 156 valence electrons. The Hall–Kier alpha value is -2.54. The zero-order valence-corrected chi connectivity index (χ0v) is 16.2. The molecular weight excluding hydrogens is 445 g/mol. The Morgan fingerprint density at radius 3 is 2.17 bits per heavy atom. The summed E-state index contributed by atoms with van der Waals surface area (Å²) in [6, 6.07) is 0.956. The summed E-state index contributed by atoms with van der Waals surface area (Å²) in [4.78, 5) is 6.63. The molecule has 3 aromatic rings. The van der Waals surface area contributed by atoms with Crippen LogP contribution in [-0.2, 0) is 9.84 Å². The number of fused-ring (bicyclic) bond motifs is 1. The van der Waals surface area contributed by atoms with Gasteiger partial charge in [0.05, 0.1) is 22.1 Å². The molecule has 14 heteroatoms. The fourth-order valence-electron chi connectivity index (χ4n) is 2.70. The summed E-state index contributed by atoms with van der Waals surface area (Å²) in [5.41, 5.74) is 2.92. The topological polar surface area (TPSA) is 103 Å². The van der Waals surface area contributed by atoms with Crippen molar-refractivity contribution in [2.45, 2.75) is 23.9 Å².